The van der Waals surface area contributed by atoms with Gasteiger partial charge in [-0.2, -0.15) is 0 Å². The molecule has 4 heteroatoms. The summed E-state index contributed by atoms with van der Waals surface area (Å²) in [6.07, 6.45) is 12.8. The normalized spacial score (nSPS) is 12.0. The number of rotatable bonds is 11. The zero-order valence-corrected chi connectivity index (χ0v) is 16.9. The monoisotopic (exact) mass is 368 g/mol. The minimum atomic E-state index is -0.515. The van der Waals surface area contributed by atoms with Crippen LogP contribution in [0.4, 0.5) is 0 Å². The predicted molar refractivity (Wildman–Crippen MR) is 109 cm³/mol. The first-order valence-electron chi connectivity index (χ1n) is 10.2. The van der Waals surface area contributed by atoms with Gasteiger partial charge in [0.05, 0.1) is 0 Å². The van der Waals surface area contributed by atoms with Gasteiger partial charge in [-0.1, -0.05) is 65.0 Å². The van der Waals surface area contributed by atoms with Crippen LogP contribution in [0.25, 0.3) is 0 Å². The minimum Gasteiger partial charge on any atom is -0.421 e. The SMILES string of the molecule is CCCCCCCc1cnc(C(=O)Oc2ccc(CC(C)CC)cc2)nc1. The van der Waals surface area contributed by atoms with E-state index in [1.165, 1.54) is 31.2 Å². The Bertz CT molecular complexity index is 681. The van der Waals surface area contributed by atoms with Crippen LogP contribution in [-0.2, 0) is 12.8 Å². The van der Waals surface area contributed by atoms with Gasteiger partial charge >= 0.3 is 5.97 Å². The van der Waals surface area contributed by atoms with Crippen LogP contribution in [0.5, 0.6) is 5.75 Å². The van der Waals surface area contributed by atoms with Gasteiger partial charge in [-0.25, -0.2) is 14.8 Å². The molecule has 146 valence electrons. The third-order valence-electron chi connectivity index (χ3n) is 4.87. The van der Waals surface area contributed by atoms with Gasteiger partial charge in [0.1, 0.15) is 5.75 Å². The van der Waals surface area contributed by atoms with Crippen LogP contribution in [0, 0.1) is 5.92 Å². The second kappa shape index (κ2) is 11.5. The van der Waals surface area contributed by atoms with Gasteiger partial charge in [-0.3, -0.25) is 0 Å². The number of hydrogen-bond donors (Lipinski definition) is 0. The first-order valence-corrected chi connectivity index (χ1v) is 10.2. The number of unbranched alkanes of at least 4 members (excludes halogenated alkanes) is 4. The molecule has 0 radical (unpaired) electrons. The highest BCUT2D eigenvalue weighted by atomic mass is 16.5. The highest BCUT2D eigenvalue weighted by molar-refractivity contribution is 5.86. The van der Waals surface area contributed by atoms with Crippen molar-refractivity contribution >= 4 is 5.97 Å². The Hall–Kier alpha value is -2.23. The van der Waals surface area contributed by atoms with E-state index in [2.05, 4.69) is 30.7 Å². The molecule has 1 atom stereocenters. The summed E-state index contributed by atoms with van der Waals surface area (Å²) in [7, 11) is 0. The lowest BCUT2D eigenvalue weighted by molar-refractivity contribution is 0.0721. The topological polar surface area (TPSA) is 52.1 Å². The maximum Gasteiger partial charge on any atom is 0.381 e. The summed E-state index contributed by atoms with van der Waals surface area (Å²) in [5, 5.41) is 0. The fraction of sp³-hybridized carbons (Fsp3) is 0.522. The number of aromatic nitrogens is 2. The molecule has 0 spiro atoms. The summed E-state index contributed by atoms with van der Waals surface area (Å²) in [6, 6.07) is 7.69. The van der Waals surface area contributed by atoms with Gasteiger partial charge in [0.15, 0.2) is 0 Å². The van der Waals surface area contributed by atoms with Gasteiger partial charge in [0.2, 0.25) is 5.82 Å². The molecule has 0 N–H and O–H groups in total. The number of nitrogens with zero attached hydrogens (tertiary/aromatic N) is 2. The molecule has 0 saturated heterocycles. The van der Waals surface area contributed by atoms with Crippen molar-refractivity contribution in [1.82, 2.24) is 9.97 Å². The molecule has 27 heavy (non-hydrogen) atoms. The Labute approximate surface area is 163 Å². The molecular formula is C23H32N2O2. The van der Waals surface area contributed by atoms with Gasteiger partial charge in [0.25, 0.3) is 0 Å². The van der Waals surface area contributed by atoms with E-state index >= 15 is 0 Å². The molecule has 0 fully saturated rings. The van der Waals surface area contributed by atoms with Gasteiger partial charge in [-0.05, 0) is 48.4 Å². The molecular weight excluding hydrogens is 336 g/mol. The molecule has 2 rings (SSSR count). The summed E-state index contributed by atoms with van der Waals surface area (Å²) < 4.78 is 5.39. The van der Waals surface area contributed by atoms with Crippen molar-refractivity contribution in [2.24, 2.45) is 5.92 Å². The Morgan fingerprint density at radius 1 is 0.963 bits per heavy atom. The van der Waals surface area contributed by atoms with Crippen LogP contribution in [-0.4, -0.2) is 15.9 Å². The first kappa shape index (κ1) is 21.1. The zero-order valence-electron chi connectivity index (χ0n) is 16.9. The molecule has 0 saturated carbocycles. The van der Waals surface area contributed by atoms with E-state index < -0.39 is 5.97 Å². The smallest absolute Gasteiger partial charge is 0.381 e. The van der Waals surface area contributed by atoms with Gasteiger partial charge in [-0.15, -0.1) is 0 Å². The maximum absolute atomic E-state index is 12.2. The fourth-order valence-electron chi connectivity index (χ4n) is 2.91. The molecule has 1 unspecified atom stereocenters. The summed E-state index contributed by atoms with van der Waals surface area (Å²) in [5.41, 5.74) is 2.32. The number of ether oxygens (including phenoxy) is 1. The average Bonchev–Trinajstić information content (AvgIpc) is 2.69. The van der Waals surface area contributed by atoms with Crippen molar-refractivity contribution in [2.75, 3.05) is 0 Å². The molecule has 1 aromatic carbocycles. The minimum absolute atomic E-state index is 0.105. The van der Waals surface area contributed by atoms with E-state index in [1.54, 1.807) is 12.4 Å². The van der Waals surface area contributed by atoms with Crippen molar-refractivity contribution in [2.45, 2.75) is 72.1 Å². The van der Waals surface area contributed by atoms with Crippen LogP contribution in [0.2, 0.25) is 0 Å². The van der Waals surface area contributed by atoms with E-state index in [4.69, 9.17) is 4.74 Å². The standard InChI is InChI=1S/C23H32N2O2/c1-4-6-7-8-9-10-20-16-24-22(25-17-20)23(26)27-21-13-11-19(12-14-21)15-18(3)5-2/h11-14,16-18H,4-10,15H2,1-3H3. The van der Waals surface area contributed by atoms with Crippen molar-refractivity contribution < 1.29 is 9.53 Å². The van der Waals surface area contributed by atoms with Crippen molar-refractivity contribution in [3.63, 3.8) is 0 Å². The van der Waals surface area contributed by atoms with Gasteiger partial charge < -0.3 is 4.74 Å². The molecule has 2 aromatic rings. The van der Waals surface area contributed by atoms with Crippen LogP contribution in [0.3, 0.4) is 0 Å². The summed E-state index contributed by atoms with van der Waals surface area (Å²) >= 11 is 0. The molecule has 0 amide bonds. The van der Waals surface area contributed by atoms with E-state index in [9.17, 15) is 4.79 Å². The number of benzene rings is 1. The molecule has 0 aliphatic heterocycles. The fourth-order valence-corrected chi connectivity index (χ4v) is 2.91. The average molecular weight is 369 g/mol. The predicted octanol–water partition coefficient (Wildman–Crippen LogP) is 5.80. The van der Waals surface area contributed by atoms with E-state index in [-0.39, 0.29) is 5.82 Å². The lowest BCUT2D eigenvalue weighted by Crippen LogP contribution is -2.13. The Balaban J connectivity index is 1.83. The second-order valence-corrected chi connectivity index (χ2v) is 7.33. The van der Waals surface area contributed by atoms with E-state index in [1.807, 2.05) is 24.3 Å². The summed E-state index contributed by atoms with van der Waals surface area (Å²) in [4.78, 5) is 20.6. The lowest BCUT2D eigenvalue weighted by atomic mass is 9.99. The van der Waals surface area contributed by atoms with Crippen molar-refractivity contribution in [1.29, 1.82) is 0 Å². The Morgan fingerprint density at radius 3 is 2.26 bits per heavy atom. The van der Waals surface area contributed by atoms with Crippen molar-refractivity contribution in [3.8, 4) is 5.75 Å². The van der Waals surface area contributed by atoms with E-state index in [0.717, 1.165) is 31.2 Å². The highest BCUT2D eigenvalue weighted by Gasteiger charge is 2.12. The largest absolute Gasteiger partial charge is 0.421 e. The number of carbonyl (C=O) groups excluding carboxylic acids is 1. The van der Waals surface area contributed by atoms with Crippen molar-refractivity contribution in [3.05, 3.63) is 53.6 Å². The van der Waals surface area contributed by atoms with Crippen LogP contribution < -0.4 is 4.74 Å². The van der Waals surface area contributed by atoms with Crippen LogP contribution in [0.15, 0.2) is 36.7 Å². The summed E-state index contributed by atoms with van der Waals surface area (Å²) in [6.45, 7) is 6.64. The van der Waals surface area contributed by atoms with Gasteiger partial charge in [0, 0.05) is 12.4 Å². The third-order valence-corrected chi connectivity index (χ3v) is 4.87. The van der Waals surface area contributed by atoms with Crippen LogP contribution >= 0.6 is 0 Å². The zero-order chi connectivity index (χ0) is 19.5. The number of hydrogen-bond acceptors (Lipinski definition) is 4. The Kier molecular flexibility index (Phi) is 8.96. The lowest BCUT2D eigenvalue weighted by Gasteiger charge is -2.09. The molecule has 1 aromatic heterocycles. The number of esters is 1. The maximum atomic E-state index is 12.2. The molecule has 0 bridgehead atoms. The summed E-state index contributed by atoms with van der Waals surface area (Å²) in [5.74, 6) is 0.765. The third kappa shape index (κ3) is 7.49. The quantitative estimate of drug-likeness (QED) is 0.286. The molecule has 4 nitrogen and oxygen atoms in total. The van der Waals surface area contributed by atoms with E-state index in [0.29, 0.717) is 11.7 Å². The number of aryl methyl sites for hydroxylation is 1. The van der Waals surface area contributed by atoms with Crippen LogP contribution in [0.1, 0.15) is 81.0 Å². The highest BCUT2D eigenvalue weighted by Crippen LogP contribution is 2.17. The number of carbonyl (C=O) groups is 1. The molecule has 1 heterocycles. The Morgan fingerprint density at radius 2 is 1.63 bits per heavy atom. The second-order valence-electron chi connectivity index (χ2n) is 7.33. The first-order chi connectivity index (χ1) is 13.1. The molecule has 0 aliphatic rings. The molecule has 0 aliphatic carbocycles.